The Balaban J connectivity index is 1.67. The van der Waals surface area contributed by atoms with Crippen LogP contribution in [0, 0.1) is 13.8 Å². The van der Waals surface area contributed by atoms with Crippen LogP contribution in [-0.2, 0) is 4.79 Å². The molecule has 0 saturated heterocycles. The third-order valence-corrected chi connectivity index (χ3v) is 6.07. The molecule has 0 aliphatic rings. The SMILES string of the molecule is CCOc1ccccc1NC(=O)CSc1nc2ccccc2c(=O)n1-c1ccc(C)cc1C. The van der Waals surface area contributed by atoms with E-state index in [0.717, 1.165) is 16.8 Å². The smallest absolute Gasteiger partial charge is 0.266 e. The molecule has 1 aromatic heterocycles. The van der Waals surface area contributed by atoms with E-state index in [9.17, 15) is 9.59 Å². The Hall–Kier alpha value is -3.58. The van der Waals surface area contributed by atoms with Crippen molar-refractivity contribution in [2.45, 2.75) is 25.9 Å². The number of fused-ring (bicyclic) bond motifs is 1. The predicted octanol–water partition coefficient (Wildman–Crippen LogP) is 5.13. The average Bonchev–Trinajstić information content (AvgIpc) is 2.80. The average molecular weight is 460 g/mol. The molecule has 0 bridgehead atoms. The van der Waals surface area contributed by atoms with Gasteiger partial charge < -0.3 is 10.1 Å². The van der Waals surface area contributed by atoms with Crippen molar-refractivity contribution in [2.75, 3.05) is 17.7 Å². The van der Waals surface area contributed by atoms with Crippen LogP contribution >= 0.6 is 11.8 Å². The van der Waals surface area contributed by atoms with Gasteiger partial charge in [0.25, 0.3) is 5.56 Å². The molecular weight excluding hydrogens is 434 g/mol. The Bertz CT molecular complexity index is 1380. The topological polar surface area (TPSA) is 73.2 Å². The Labute approximate surface area is 196 Å². The molecule has 0 atom stereocenters. The first-order valence-electron chi connectivity index (χ1n) is 10.7. The van der Waals surface area contributed by atoms with Crippen molar-refractivity contribution in [1.29, 1.82) is 0 Å². The number of ether oxygens (including phenoxy) is 1. The number of benzene rings is 3. The van der Waals surface area contributed by atoms with Crippen molar-refractivity contribution in [2.24, 2.45) is 0 Å². The lowest BCUT2D eigenvalue weighted by Gasteiger charge is -2.16. The molecule has 4 aromatic rings. The second-order valence-corrected chi connectivity index (χ2v) is 8.55. The normalized spacial score (nSPS) is 10.9. The van der Waals surface area contributed by atoms with Crippen LogP contribution in [0.25, 0.3) is 16.6 Å². The predicted molar refractivity (Wildman–Crippen MR) is 134 cm³/mol. The highest BCUT2D eigenvalue weighted by Crippen LogP contribution is 2.26. The molecular formula is C26H25N3O3S. The van der Waals surface area contributed by atoms with Crippen molar-refractivity contribution in [3.05, 3.63) is 88.2 Å². The summed E-state index contributed by atoms with van der Waals surface area (Å²) in [6.07, 6.45) is 0. The van der Waals surface area contributed by atoms with Crippen LogP contribution in [0.1, 0.15) is 18.1 Å². The van der Waals surface area contributed by atoms with E-state index in [0.29, 0.717) is 34.1 Å². The lowest BCUT2D eigenvalue weighted by molar-refractivity contribution is -0.113. The van der Waals surface area contributed by atoms with Crippen molar-refractivity contribution in [1.82, 2.24) is 9.55 Å². The van der Waals surface area contributed by atoms with Gasteiger partial charge in [-0.25, -0.2) is 4.98 Å². The zero-order chi connectivity index (χ0) is 23.4. The molecule has 0 unspecified atom stereocenters. The maximum Gasteiger partial charge on any atom is 0.266 e. The molecule has 168 valence electrons. The number of nitrogens with one attached hydrogen (secondary N) is 1. The summed E-state index contributed by atoms with van der Waals surface area (Å²) in [5.74, 6) is 0.506. The van der Waals surface area contributed by atoms with Crippen LogP contribution in [0.3, 0.4) is 0 Å². The number of carbonyl (C=O) groups is 1. The molecule has 0 fully saturated rings. The fraction of sp³-hybridized carbons (Fsp3) is 0.192. The Morgan fingerprint density at radius 2 is 1.82 bits per heavy atom. The molecule has 0 radical (unpaired) electrons. The quantitative estimate of drug-likeness (QED) is 0.306. The minimum Gasteiger partial charge on any atom is -0.492 e. The summed E-state index contributed by atoms with van der Waals surface area (Å²) in [5, 5.41) is 3.91. The summed E-state index contributed by atoms with van der Waals surface area (Å²) in [7, 11) is 0. The molecule has 1 N–H and O–H groups in total. The van der Waals surface area contributed by atoms with Gasteiger partial charge >= 0.3 is 0 Å². The fourth-order valence-electron chi connectivity index (χ4n) is 3.65. The van der Waals surface area contributed by atoms with Crippen molar-refractivity contribution in [3.63, 3.8) is 0 Å². The van der Waals surface area contributed by atoms with E-state index < -0.39 is 0 Å². The van der Waals surface area contributed by atoms with Gasteiger partial charge in [-0.05, 0) is 56.7 Å². The van der Waals surface area contributed by atoms with Crippen molar-refractivity contribution < 1.29 is 9.53 Å². The van der Waals surface area contributed by atoms with Gasteiger partial charge in [-0.3, -0.25) is 14.2 Å². The number of nitrogens with zero attached hydrogens (tertiary/aromatic N) is 2. The van der Waals surface area contributed by atoms with E-state index >= 15 is 0 Å². The largest absolute Gasteiger partial charge is 0.492 e. The standard InChI is InChI=1S/C26H25N3O3S/c1-4-32-23-12-8-7-11-21(23)27-24(30)16-33-26-28-20-10-6-5-9-19(20)25(31)29(26)22-14-13-17(2)15-18(22)3/h5-15H,4,16H2,1-3H3,(H,27,30). The lowest BCUT2D eigenvalue weighted by Crippen LogP contribution is -2.23. The Kier molecular flexibility index (Phi) is 6.79. The van der Waals surface area contributed by atoms with Gasteiger partial charge in [0.2, 0.25) is 5.91 Å². The fourth-order valence-corrected chi connectivity index (χ4v) is 4.45. The summed E-state index contributed by atoms with van der Waals surface area (Å²) in [6, 6.07) is 20.5. The van der Waals surface area contributed by atoms with Crippen molar-refractivity contribution >= 4 is 34.3 Å². The molecule has 3 aromatic carbocycles. The number of anilines is 1. The summed E-state index contributed by atoms with van der Waals surface area (Å²) in [6.45, 7) is 6.38. The second kappa shape index (κ2) is 9.92. The van der Waals surface area contributed by atoms with Gasteiger partial charge in [0.15, 0.2) is 5.16 Å². The number of hydrogen-bond acceptors (Lipinski definition) is 5. The molecule has 1 heterocycles. The highest BCUT2D eigenvalue weighted by atomic mass is 32.2. The van der Waals surface area contributed by atoms with E-state index in [2.05, 4.69) is 5.32 Å². The minimum absolute atomic E-state index is 0.0934. The highest BCUT2D eigenvalue weighted by Gasteiger charge is 2.17. The van der Waals surface area contributed by atoms with E-state index in [-0.39, 0.29) is 17.2 Å². The highest BCUT2D eigenvalue weighted by molar-refractivity contribution is 7.99. The maximum atomic E-state index is 13.4. The molecule has 0 aliphatic carbocycles. The van der Waals surface area contributed by atoms with Crippen LogP contribution in [0.15, 0.2) is 76.7 Å². The van der Waals surface area contributed by atoms with Gasteiger partial charge in [-0.15, -0.1) is 0 Å². The molecule has 33 heavy (non-hydrogen) atoms. The van der Waals surface area contributed by atoms with Gasteiger partial charge in [-0.2, -0.15) is 0 Å². The number of carbonyl (C=O) groups excluding carboxylic acids is 1. The zero-order valence-electron chi connectivity index (χ0n) is 18.8. The van der Waals surface area contributed by atoms with Gasteiger partial charge in [0.1, 0.15) is 5.75 Å². The number of hydrogen-bond donors (Lipinski definition) is 1. The Morgan fingerprint density at radius 3 is 2.61 bits per heavy atom. The van der Waals surface area contributed by atoms with E-state index in [1.54, 1.807) is 16.7 Å². The molecule has 0 spiro atoms. The minimum atomic E-state index is -0.207. The van der Waals surface area contributed by atoms with E-state index in [1.165, 1.54) is 11.8 Å². The number of thioether (sulfide) groups is 1. The summed E-state index contributed by atoms with van der Waals surface area (Å²) < 4.78 is 7.19. The number of aryl methyl sites for hydroxylation is 2. The third kappa shape index (κ3) is 4.93. The van der Waals surface area contributed by atoms with Crippen LogP contribution < -0.4 is 15.6 Å². The van der Waals surface area contributed by atoms with Gasteiger partial charge in [-0.1, -0.05) is 53.7 Å². The first kappa shape index (κ1) is 22.6. The first-order chi connectivity index (χ1) is 16.0. The number of aromatic nitrogens is 2. The molecule has 0 saturated carbocycles. The number of amides is 1. The van der Waals surface area contributed by atoms with Gasteiger partial charge in [0.05, 0.1) is 34.6 Å². The second-order valence-electron chi connectivity index (χ2n) is 7.61. The Morgan fingerprint density at radius 1 is 1.06 bits per heavy atom. The molecule has 0 aliphatic heterocycles. The van der Waals surface area contributed by atoms with Crippen LogP contribution in [0.5, 0.6) is 5.75 Å². The van der Waals surface area contributed by atoms with Gasteiger partial charge in [0, 0.05) is 0 Å². The number of rotatable bonds is 7. The summed E-state index contributed by atoms with van der Waals surface area (Å²) >= 11 is 1.23. The molecule has 1 amide bonds. The monoisotopic (exact) mass is 459 g/mol. The molecule has 7 heteroatoms. The van der Waals surface area contributed by atoms with Crippen LogP contribution in [0.4, 0.5) is 5.69 Å². The summed E-state index contributed by atoms with van der Waals surface area (Å²) in [4.78, 5) is 30.9. The van der Waals surface area contributed by atoms with Crippen LogP contribution in [0.2, 0.25) is 0 Å². The number of para-hydroxylation sites is 3. The molecule has 4 rings (SSSR count). The summed E-state index contributed by atoms with van der Waals surface area (Å²) in [5.41, 5.74) is 3.90. The first-order valence-corrected chi connectivity index (χ1v) is 11.7. The van der Waals surface area contributed by atoms with E-state index in [1.807, 2.05) is 75.4 Å². The lowest BCUT2D eigenvalue weighted by atomic mass is 10.1. The van der Waals surface area contributed by atoms with E-state index in [4.69, 9.17) is 9.72 Å². The molecule has 6 nitrogen and oxygen atoms in total. The van der Waals surface area contributed by atoms with Crippen LogP contribution in [-0.4, -0.2) is 27.8 Å². The van der Waals surface area contributed by atoms with Crippen molar-refractivity contribution in [3.8, 4) is 11.4 Å². The maximum absolute atomic E-state index is 13.4. The zero-order valence-corrected chi connectivity index (χ0v) is 19.6. The third-order valence-electron chi connectivity index (χ3n) is 5.13.